The fraction of sp³-hybridized carbons (Fsp3) is 0.553. The minimum Gasteiger partial charge on any atom is -0.443 e. The fourth-order valence-corrected chi connectivity index (χ4v) is 16.1. The Morgan fingerprint density at radius 2 is 0.798 bits per heavy atom. The third-order valence-corrected chi connectivity index (χ3v) is 23.3. The summed E-state index contributed by atoms with van der Waals surface area (Å²) in [6.07, 6.45) is 25.4. The Hall–Kier alpha value is -10.8. The highest BCUT2D eigenvalue weighted by atomic mass is 35.5. The number of carbonyl (C=O) groups is 5. The van der Waals surface area contributed by atoms with Crippen molar-refractivity contribution < 1.29 is 61.9 Å². The van der Waals surface area contributed by atoms with Gasteiger partial charge >= 0.3 is 12.2 Å². The Morgan fingerprint density at radius 3 is 1.17 bits per heavy atom. The lowest BCUT2D eigenvalue weighted by atomic mass is 9.89. The van der Waals surface area contributed by atoms with Crippen LogP contribution < -0.4 is 64.1 Å². The normalized spacial score (nSPS) is 22.2. The first-order valence-corrected chi connectivity index (χ1v) is 42.1. The molecule has 37 nitrogen and oxygen atoms in total. The van der Waals surface area contributed by atoms with E-state index in [-0.39, 0.29) is 147 Å². The molecule has 672 valence electrons. The van der Waals surface area contributed by atoms with Gasteiger partial charge in [0.2, 0.25) is 0 Å². The van der Waals surface area contributed by atoms with Crippen LogP contribution >= 0.6 is 24.0 Å². The number of nitrogens with two attached hydrogens (primary N) is 1. The number of nitrogen functional groups attached to an aromatic ring is 1. The van der Waals surface area contributed by atoms with Crippen LogP contribution in [0.15, 0.2) is 106 Å². The van der Waals surface area contributed by atoms with E-state index >= 15 is 0 Å². The van der Waals surface area contributed by atoms with Crippen LogP contribution in [0, 0.1) is 0 Å². The third-order valence-electron chi connectivity index (χ3n) is 23.1. The maximum atomic E-state index is 13.5. The molecule has 9 aromatic rings. The summed E-state index contributed by atoms with van der Waals surface area (Å²) in [6.45, 7) is 10.7. The van der Waals surface area contributed by atoms with Gasteiger partial charge < -0.3 is 89.2 Å². The fourth-order valence-electron chi connectivity index (χ4n) is 15.9. The molecule has 6 fully saturated rings. The Bertz CT molecular complexity index is 5410. The van der Waals surface area contributed by atoms with Crippen molar-refractivity contribution >= 4 is 117 Å². The molecule has 6 aliphatic rings. The lowest BCUT2D eigenvalue weighted by Gasteiger charge is -2.35. The van der Waals surface area contributed by atoms with Crippen LogP contribution in [-0.2, 0) is 37.9 Å². The molecule has 124 heavy (non-hydrogen) atoms. The van der Waals surface area contributed by atoms with E-state index < -0.39 is 23.4 Å². The number of ether oxygens (including phenoxy) is 8. The summed E-state index contributed by atoms with van der Waals surface area (Å²) in [5.74, 6) is 1.15. The zero-order valence-electron chi connectivity index (χ0n) is 73.0. The Labute approximate surface area is 729 Å². The summed E-state index contributed by atoms with van der Waals surface area (Å²) in [5, 5.41) is 31.8. The van der Waals surface area contributed by atoms with Crippen LogP contribution in [0.5, 0.6) is 0 Å². The van der Waals surface area contributed by atoms with Crippen molar-refractivity contribution in [3.8, 4) is 0 Å². The maximum absolute atomic E-state index is 13.5. The van der Waals surface area contributed by atoms with Crippen molar-refractivity contribution in [1.82, 2.24) is 73.4 Å². The number of fused-ring (bicyclic) bond motifs is 3. The molecule has 9 aromatic heterocycles. The maximum Gasteiger partial charge on any atom is 0.415 e. The topological polar surface area (TPSA) is 420 Å². The average Bonchev–Trinajstić information content (AvgIpc) is 1.58. The molecule has 15 rings (SSSR count). The predicted octanol–water partition coefficient (Wildman–Crippen LogP) is 11.4. The summed E-state index contributed by atoms with van der Waals surface area (Å²) in [4.78, 5) is 119. The van der Waals surface area contributed by atoms with Gasteiger partial charge in [-0.25, -0.2) is 24.5 Å². The van der Waals surface area contributed by atoms with E-state index in [4.69, 9.17) is 55.2 Å². The standard InChI is InChI=1S/C30H41N7O6.C25H33N7O4.C20H28ClN5O4.C10H14N2O2.ClH/c1-30(2,3)43-29(40)35(4)25-16-24(33-23-11-8-12-36(28(23)39)19-14-21(15-19)42-6)34-26-22(17-31-37(25)26)27(38)32-18-9-7-10-20(13-18)41-5;1-26-22-13-21(29-20-8-5-9-31(25(20)34)16-11-18(12-16)36-3)30-23-19(14-27-32(22)23)24(33)28-15-6-4-7-17(10-15)35-2;1-20(2,3)30-19(28)25(4)16-10-15(21)24-17-14(11-22-26(16)17)18(27)23-12-7-6-8-13(9-12)29-5;1-14-8-5-7(6-8)12-4-2-3-9(11)10(12)13;/h8,11-12,16-21H,7,9-10,13-15H2,1-6H3,(H,32,38)(H,33,34);5,8-9,13-18,26H,4,6-7,10-12H2,1-3H3,(H,28,33)(H,29,30);10-13H,6-9H2,1-5H3,(H,23,27);2-4,7-8H,5-6,11H2,1H3;1H/t18?,19?,20-,21?;15?,16?,17-,18?;12?,13-;;/m111../s1. The monoisotopic (exact) mass is 1760 g/mol. The number of hydrogen-bond donors (Lipinski definition) is 7. The summed E-state index contributed by atoms with van der Waals surface area (Å²) in [6, 6.07) is 15.8. The van der Waals surface area contributed by atoms with Gasteiger partial charge in [-0.3, -0.25) is 38.6 Å². The SMILES string of the molecule is CNc1cc(Nc2cccn(C3CC(OC)C3)c2=O)nc2c(C(=O)NC3CCC[C@@H](OC)C3)cnn12.COC1CC(n2cccc(N)c2=O)C1.COC1CC(n2cccc(Nc3cc(N(C)C(=O)OC(C)(C)C)n4ncc(C(=O)NC5CCC[C@@H](OC)C5)c4n3)c2=O)C1.CO[C@@H]1CCCC(NC(=O)c2cnn3c(N(C)C(=O)OC(C)(C)C)cc(Cl)nc23)C1.Cl. The van der Waals surface area contributed by atoms with E-state index in [1.807, 2.05) is 6.07 Å². The first-order chi connectivity index (χ1) is 58.8. The lowest BCUT2D eigenvalue weighted by molar-refractivity contribution is 0.00509. The molecule has 3 unspecified atom stereocenters. The van der Waals surface area contributed by atoms with Crippen molar-refractivity contribution in [2.24, 2.45) is 0 Å². The molecule has 0 aliphatic heterocycles. The van der Waals surface area contributed by atoms with Crippen LogP contribution in [0.25, 0.3) is 16.9 Å². The molecule has 0 saturated heterocycles. The second-order valence-corrected chi connectivity index (χ2v) is 34.3. The number of hydrogen-bond acceptors (Lipinski definition) is 26. The average molecular weight is 1760 g/mol. The molecule has 0 radical (unpaired) electrons. The van der Waals surface area contributed by atoms with Crippen LogP contribution in [0.2, 0.25) is 5.15 Å². The lowest BCUT2D eigenvalue weighted by Crippen LogP contribution is -2.40. The van der Waals surface area contributed by atoms with Crippen molar-refractivity contribution in [3.63, 3.8) is 0 Å². The number of nitrogens with one attached hydrogen (secondary N) is 6. The van der Waals surface area contributed by atoms with Crippen molar-refractivity contribution in [2.45, 2.75) is 241 Å². The van der Waals surface area contributed by atoms with Crippen LogP contribution in [0.1, 0.15) is 206 Å². The van der Waals surface area contributed by atoms with Gasteiger partial charge in [0, 0.05) is 137 Å². The smallest absolute Gasteiger partial charge is 0.415 e. The largest absolute Gasteiger partial charge is 0.443 e. The Balaban J connectivity index is 0.000000169. The number of pyridine rings is 3. The number of halogens is 2. The van der Waals surface area contributed by atoms with Gasteiger partial charge in [-0.15, -0.1) is 12.4 Å². The molecule has 0 spiro atoms. The molecule has 0 bridgehead atoms. The van der Waals surface area contributed by atoms with E-state index in [1.165, 1.54) is 43.5 Å². The number of anilines is 8. The quantitative estimate of drug-likeness (QED) is 0.0310. The van der Waals surface area contributed by atoms with Gasteiger partial charge in [0.25, 0.3) is 34.4 Å². The highest BCUT2D eigenvalue weighted by Gasteiger charge is 2.37. The summed E-state index contributed by atoms with van der Waals surface area (Å²) >= 11 is 6.19. The van der Waals surface area contributed by atoms with Gasteiger partial charge in [-0.2, -0.15) is 28.8 Å². The minimum absolute atomic E-state index is 0. The molecule has 0 aromatic carbocycles. The predicted molar refractivity (Wildman–Crippen MR) is 472 cm³/mol. The number of amides is 5. The number of nitrogens with zero attached hydrogens (tertiary/aromatic N) is 14. The molecule has 9 heterocycles. The van der Waals surface area contributed by atoms with Gasteiger partial charge in [-0.1, -0.05) is 11.6 Å². The number of aromatic nitrogens is 12. The van der Waals surface area contributed by atoms with Crippen molar-refractivity contribution in [3.05, 3.63) is 145 Å². The van der Waals surface area contributed by atoms with Gasteiger partial charge in [-0.05, 0) is 194 Å². The van der Waals surface area contributed by atoms with Gasteiger partial charge in [0.05, 0.1) is 60.9 Å². The summed E-state index contributed by atoms with van der Waals surface area (Å²) < 4.78 is 52.9. The number of rotatable bonds is 22. The zero-order valence-corrected chi connectivity index (χ0v) is 74.5. The van der Waals surface area contributed by atoms with Crippen LogP contribution in [0.3, 0.4) is 0 Å². The second-order valence-electron chi connectivity index (χ2n) is 33.9. The van der Waals surface area contributed by atoms with E-state index in [0.29, 0.717) is 57.6 Å². The Kier molecular flexibility index (Phi) is 31.3. The molecule has 39 heteroatoms. The van der Waals surface area contributed by atoms with E-state index in [0.717, 1.165) is 116 Å². The molecule has 6 saturated carbocycles. The molecule has 5 amide bonds. The van der Waals surface area contributed by atoms with Crippen LogP contribution in [-0.4, -0.2) is 217 Å². The second kappa shape index (κ2) is 41.3. The third kappa shape index (κ3) is 22.6. The van der Waals surface area contributed by atoms with E-state index in [1.54, 1.807) is 185 Å². The molecule has 6 aliphatic carbocycles. The highest BCUT2D eigenvalue weighted by Crippen LogP contribution is 2.37. The van der Waals surface area contributed by atoms with Crippen molar-refractivity contribution in [2.75, 3.05) is 95.3 Å². The molecular weight excluding hydrogens is 1640 g/mol. The summed E-state index contributed by atoms with van der Waals surface area (Å²) in [5.41, 5.74) is 6.57. The highest BCUT2D eigenvalue weighted by molar-refractivity contribution is 6.30. The van der Waals surface area contributed by atoms with Gasteiger partial charge in [0.15, 0.2) is 16.9 Å². The zero-order chi connectivity index (χ0) is 88.3. The van der Waals surface area contributed by atoms with Crippen LogP contribution in [0.4, 0.5) is 55.7 Å². The van der Waals surface area contributed by atoms with E-state index in [9.17, 15) is 38.4 Å². The molecular formula is C85H117Cl2N21O16. The van der Waals surface area contributed by atoms with E-state index in [2.05, 4.69) is 62.1 Å². The first-order valence-electron chi connectivity index (χ1n) is 41.7. The number of carbonyl (C=O) groups excluding carboxylic acids is 5. The molecule has 8 N–H and O–H groups in total. The minimum atomic E-state index is -0.730. The first kappa shape index (κ1) is 93.9. The van der Waals surface area contributed by atoms with Crippen molar-refractivity contribution in [1.29, 1.82) is 0 Å². The van der Waals surface area contributed by atoms with Gasteiger partial charge in [0.1, 0.15) is 73.5 Å². The molecule has 6 atom stereocenters. The number of methoxy groups -OCH3 is 6. The Morgan fingerprint density at radius 1 is 0.460 bits per heavy atom. The summed E-state index contributed by atoms with van der Waals surface area (Å²) in [7, 11) is 15.0.